The average Bonchev–Trinajstić information content (AvgIpc) is 3.21. The van der Waals surface area contributed by atoms with Gasteiger partial charge in [-0.25, -0.2) is 4.79 Å². The summed E-state index contributed by atoms with van der Waals surface area (Å²) < 4.78 is 10.2. The number of esters is 1. The van der Waals surface area contributed by atoms with Crippen molar-refractivity contribution in [1.82, 2.24) is 0 Å². The quantitative estimate of drug-likeness (QED) is 0.472. The van der Waals surface area contributed by atoms with Crippen LogP contribution in [0.5, 0.6) is 5.75 Å². The largest absolute Gasteiger partial charge is 0.477 e. The zero-order chi connectivity index (χ0) is 14.0. The molecule has 0 amide bonds. The zero-order valence-corrected chi connectivity index (χ0v) is 10.9. The molecular weight excluding hydrogens is 274 g/mol. The van der Waals surface area contributed by atoms with Crippen LogP contribution in [0.15, 0.2) is 18.2 Å². The number of hydrogen-bond donors (Lipinski definition) is 0. The summed E-state index contributed by atoms with van der Waals surface area (Å²) in [6.07, 6.45) is 0.975. The Morgan fingerprint density at radius 1 is 1.53 bits per heavy atom. The fraction of sp³-hybridized carbons (Fsp3) is 0.417. The molecule has 0 radical (unpaired) electrons. The molecule has 6 nitrogen and oxygen atoms in total. The highest BCUT2D eigenvalue weighted by atomic mass is 35.5. The van der Waals surface area contributed by atoms with Crippen LogP contribution in [0.25, 0.3) is 0 Å². The van der Waals surface area contributed by atoms with Gasteiger partial charge in [0.15, 0.2) is 6.10 Å². The predicted molar refractivity (Wildman–Crippen MR) is 67.3 cm³/mol. The number of halogens is 1. The normalized spacial score (nSPS) is 15.7. The van der Waals surface area contributed by atoms with Crippen LogP contribution in [0.2, 0.25) is 5.02 Å². The number of ether oxygens (including phenoxy) is 2. The molecule has 1 unspecified atom stereocenters. The number of carbonyl (C=O) groups excluding carboxylic acids is 1. The molecule has 102 valence electrons. The Bertz CT molecular complexity index is 515. The maximum atomic E-state index is 11.6. The van der Waals surface area contributed by atoms with Crippen LogP contribution in [0.4, 0.5) is 5.69 Å². The van der Waals surface area contributed by atoms with Gasteiger partial charge in [-0.3, -0.25) is 10.1 Å². The first-order chi connectivity index (χ1) is 9.02. The molecule has 19 heavy (non-hydrogen) atoms. The van der Waals surface area contributed by atoms with Crippen molar-refractivity contribution in [2.45, 2.75) is 18.9 Å². The number of rotatable bonds is 5. The van der Waals surface area contributed by atoms with Crippen LogP contribution in [-0.2, 0) is 9.53 Å². The molecule has 0 aliphatic heterocycles. The molecule has 1 fully saturated rings. The second kappa shape index (κ2) is 5.44. The van der Waals surface area contributed by atoms with Gasteiger partial charge in [0.1, 0.15) is 5.75 Å². The molecular formula is C12H12ClNO5. The number of nitro benzene ring substituents is 1. The van der Waals surface area contributed by atoms with Crippen LogP contribution >= 0.6 is 11.6 Å². The number of carbonyl (C=O) groups is 1. The lowest BCUT2D eigenvalue weighted by atomic mass is 10.2. The smallest absolute Gasteiger partial charge is 0.347 e. The van der Waals surface area contributed by atoms with Gasteiger partial charge in [-0.2, -0.15) is 0 Å². The second-order valence-corrected chi connectivity index (χ2v) is 4.68. The van der Waals surface area contributed by atoms with Crippen molar-refractivity contribution in [3.63, 3.8) is 0 Å². The van der Waals surface area contributed by atoms with Gasteiger partial charge in [-0.15, -0.1) is 0 Å². The zero-order valence-electron chi connectivity index (χ0n) is 10.2. The van der Waals surface area contributed by atoms with Gasteiger partial charge in [0.05, 0.1) is 23.1 Å². The molecule has 0 heterocycles. The third-order valence-corrected chi connectivity index (χ3v) is 3.18. The van der Waals surface area contributed by atoms with Crippen LogP contribution in [0.3, 0.4) is 0 Å². The molecule has 0 bridgehead atoms. The van der Waals surface area contributed by atoms with E-state index in [2.05, 4.69) is 4.74 Å². The highest BCUT2D eigenvalue weighted by Crippen LogP contribution is 2.38. The molecule has 0 spiro atoms. The van der Waals surface area contributed by atoms with E-state index in [0.717, 1.165) is 12.8 Å². The fourth-order valence-electron chi connectivity index (χ4n) is 1.68. The Hall–Kier alpha value is -1.82. The Morgan fingerprint density at radius 3 is 2.74 bits per heavy atom. The van der Waals surface area contributed by atoms with Gasteiger partial charge in [-0.1, -0.05) is 11.6 Å². The van der Waals surface area contributed by atoms with Gasteiger partial charge >= 0.3 is 5.97 Å². The van der Waals surface area contributed by atoms with Crippen LogP contribution < -0.4 is 4.74 Å². The SMILES string of the molecule is COC(=O)C(Oc1cc([N+](=O)[O-])ccc1Cl)C1CC1. The van der Waals surface area contributed by atoms with Crippen LogP contribution in [-0.4, -0.2) is 24.1 Å². The molecule has 1 saturated carbocycles. The van der Waals surface area contributed by atoms with Gasteiger partial charge < -0.3 is 9.47 Å². The lowest BCUT2D eigenvalue weighted by Gasteiger charge is -2.16. The number of methoxy groups -OCH3 is 1. The fourth-order valence-corrected chi connectivity index (χ4v) is 1.85. The monoisotopic (exact) mass is 285 g/mol. The number of hydrogen-bond acceptors (Lipinski definition) is 5. The van der Waals surface area contributed by atoms with Crippen LogP contribution in [0, 0.1) is 16.0 Å². The Balaban J connectivity index is 2.22. The Morgan fingerprint density at radius 2 is 2.21 bits per heavy atom. The molecule has 1 atom stereocenters. The third kappa shape index (κ3) is 3.14. The van der Waals surface area contributed by atoms with E-state index >= 15 is 0 Å². The minimum atomic E-state index is -0.760. The summed E-state index contributed by atoms with van der Waals surface area (Å²) >= 11 is 5.92. The van der Waals surface area contributed by atoms with Crippen LogP contribution in [0.1, 0.15) is 12.8 Å². The van der Waals surface area contributed by atoms with Gasteiger partial charge in [0.2, 0.25) is 0 Å². The summed E-state index contributed by atoms with van der Waals surface area (Å²) in [6.45, 7) is 0. The summed E-state index contributed by atoms with van der Waals surface area (Å²) in [5.74, 6) is -0.286. The van der Waals surface area contributed by atoms with Crippen molar-refractivity contribution in [3.05, 3.63) is 33.3 Å². The predicted octanol–water partition coefficient (Wildman–Crippen LogP) is 2.58. The standard InChI is InChI=1S/C12H12ClNO5/c1-18-12(15)11(7-2-3-7)19-10-6-8(14(16)17)4-5-9(10)13/h4-7,11H,2-3H2,1H3. The minimum absolute atomic E-state index is 0.0859. The van der Waals surface area contributed by atoms with E-state index in [1.807, 2.05) is 0 Å². The molecule has 2 rings (SSSR count). The Labute approximate surface area is 114 Å². The molecule has 1 aromatic rings. The maximum absolute atomic E-state index is 11.6. The van der Waals surface area contributed by atoms with E-state index in [4.69, 9.17) is 16.3 Å². The first kappa shape index (κ1) is 13.6. The van der Waals surface area contributed by atoms with E-state index in [-0.39, 0.29) is 22.4 Å². The van der Waals surface area contributed by atoms with E-state index in [1.165, 1.54) is 25.3 Å². The number of nitro groups is 1. The van der Waals surface area contributed by atoms with E-state index in [1.54, 1.807) is 0 Å². The van der Waals surface area contributed by atoms with E-state index in [9.17, 15) is 14.9 Å². The summed E-state index contributed by atoms with van der Waals surface area (Å²) in [7, 11) is 1.27. The third-order valence-electron chi connectivity index (χ3n) is 2.86. The number of non-ortho nitro benzene ring substituents is 1. The van der Waals surface area contributed by atoms with Crippen molar-refractivity contribution < 1.29 is 19.2 Å². The van der Waals surface area contributed by atoms with Crippen molar-refractivity contribution >= 4 is 23.3 Å². The Kier molecular flexibility index (Phi) is 3.90. The first-order valence-corrected chi connectivity index (χ1v) is 6.09. The summed E-state index contributed by atoms with van der Waals surface area (Å²) in [5, 5.41) is 10.9. The van der Waals surface area contributed by atoms with Crippen molar-refractivity contribution in [1.29, 1.82) is 0 Å². The maximum Gasteiger partial charge on any atom is 0.347 e. The lowest BCUT2D eigenvalue weighted by Crippen LogP contribution is -2.30. The van der Waals surface area contributed by atoms with E-state index < -0.39 is 17.0 Å². The highest BCUT2D eigenvalue weighted by molar-refractivity contribution is 6.32. The summed E-state index contributed by atoms with van der Waals surface area (Å²) in [4.78, 5) is 21.8. The topological polar surface area (TPSA) is 78.7 Å². The first-order valence-electron chi connectivity index (χ1n) is 5.71. The summed E-state index contributed by atoms with van der Waals surface area (Å²) in [6, 6.07) is 3.86. The van der Waals surface area contributed by atoms with Gasteiger partial charge in [-0.05, 0) is 18.9 Å². The summed E-state index contributed by atoms with van der Waals surface area (Å²) in [5.41, 5.74) is -0.140. The lowest BCUT2D eigenvalue weighted by molar-refractivity contribution is -0.384. The minimum Gasteiger partial charge on any atom is -0.477 e. The number of nitrogens with zero attached hydrogens (tertiary/aromatic N) is 1. The molecule has 7 heteroatoms. The molecule has 1 aliphatic carbocycles. The molecule has 0 N–H and O–H groups in total. The van der Waals surface area contributed by atoms with Gasteiger partial charge in [0, 0.05) is 12.0 Å². The van der Waals surface area contributed by atoms with Gasteiger partial charge in [0.25, 0.3) is 5.69 Å². The molecule has 1 aliphatic rings. The number of benzene rings is 1. The molecule has 1 aromatic carbocycles. The highest BCUT2D eigenvalue weighted by Gasteiger charge is 2.39. The van der Waals surface area contributed by atoms with Crippen molar-refractivity contribution in [3.8, 4) is 5.75 Å². The average molecular weight is 286 g/mol. The molecule has 0 saturated heterocycles. The van der Waals surface area contributed by atoms with Crippen molar-refractivity contribution in [2.75, 3.05) is 7.11 Å². The van der Waals surface area contributed by atoms with E-state index in [0.29, 0.717) is 0 Å². The van der Waals surface area contributed by atoms with Crippen molar-refractivity contribution in [2.24, 2.45) is 5.92 Å². The molecule has 0 aromatic heterocycles. The second-order valence-electron chi connectivity index (χ2n) is 4.27.